The fraction of sp³-hybridized carbons (Fsp3) is 0.562. The second-order valence-corrected chi connectivity index (χ2v) is 6.01. The van der Waals surface area contributed by atoms with Gasteiger partial charge in [0.1, 0.15) is 5.75 Å². The van der Waals surface area contributed by atoms with Gasteiger partial charge in [0, 0.05) is 12.6 Å². The summed E-state index contributed by atoms with van der Waals surface area (Å²) in [6, 6.07) is 5.96. The van der Waals surface area contributed by atoms with Crippen molar-refractivity contribution in [2.45, 2.75) is 25.8 Å². The molecule has 2 heterocycles. The number of likely N-dealkylation sites (tertiary alicyclic amines) is 1. The van der Waals surface area contributed by atoms with Crippen molar-refractivity contribution < 1.29 is 4.74 Å². The first-order chi connectivity index (χ1) is 10.2. The summed E-state index contributed by atoms with van der Waals surface area (Å²) in [5.41, 5.74) is 8.10. The number of rotatable bonds is 4. The van der Waals surface area contributed by atoms with Crippen LogP contribution < -0.4 is 10.5 Å². The number of nitrogens with zero attached hydrogens (tertiary/aromatic N) is 3. The lowest BCUT2D eigenvalue weighted by Crippen LogP contribution is -2.30. The lowest BCUT2D eigenvalue weighted by Gasteiger charge is -2.29. The van der Waals surface area contributed by atoms with Crippen LogP contribution in [-0.4, -0.2) is 41.7 Å². The van der Waals surface area contributed by atoms with E-state index in [2.05, 4.69) is 21.5 Å². The SMILES string of the molecule is COc1ccc2c(c1)nc(N)n2CCC1CCN(C)CC1. The van der Waals surface area contributed by atoms with E-state index < -0.39 is 0 Å². The van der Waals surface area contributed by atoms with Gasteiger partial charge in [0.25, 0.3) is 0 Å². The fourth-order valence-corrected chi connectivity index (χ4v) is 3.15. The van der Waals surface area contributed by atoms with Crippen LogP contribution in [0.1, 0.15) is 19.3 Å². The molecular formula is C16H24N4O. The molecule has 1 aliphatic rings. The van der Waals surface area contributed by atoms with E-state index in [0.29, 0.717) is 5.95 Å². The first kappa shape index (κ1) is 14.2. The molecular weight excluding hydrogens is 264 g/mol. The van der Waals surface area contributed by atoms with Gasteiger partial charge >= 0.3 is 0 Å². The van der Waals surface area contributed by atoms with Gasteiger partial charge in [0.05, 0.1) is 18.1 Å². The van der Waals surface area contributed by atoms with Crippen molar-refractivity contribution in [2.75, 3.05) is 33.0 Å². The molecule has 0 saturated carbocycles. The van der Waals surface area contributed by atoms with Crippen molar-refractivity contribution in [3.05, 3.63) is 18.2 Å². The molecule has 5 heteroatoms. The molecule has 0 radical (unpaired) electrons. The normalized spacial score (nSPS) is 17.4. The lowest BCUT2D eigenvalue weighted by molar-refractivity contribution is 0.208. The molecule has 5 nitrogen and oxygen atoms in total. The Bertz CT molecular complexity index is 614. The van der Waals surface area contributed by atoms with Crippen molar-refractivity contribution in [3.63, 3.8) is 0 Å². The number of piperidine rings is 1. The summed E-state index contributed by atoms with van der Waals surface area (Å²) in [6.45, 7) is 3.37. The Morgan fingerprint density at radius 3 is 2.81 bits per heavy atom. The summed E-state index contributed by atoms with van der Waals surface area (Å²) in [5.74, 6) is 2.23. The number of ether oxygens (including phenoxy) is 1. The van der Waals surface area contributed by atoms with Crippen molar-refractivity contribution in [2.24, 2.45) is 5.92 Å². The predicted molar refractivity (Wildman–Crippen MR) is 85.5 cm³/mol. The molecule has 0 unspecified atom stereocenters. The number of nitrogens with two attached hydrogens (primary N) is 1. The van der Waals surface area contributed by atoms with Crippen LogP contribution in [0.5, 0.6) is 5.75 Å². The molecule has 0 spiro atoms. The van der Waals surface area contributed by atoms with Gasteiger partial charge in [0.2, 0.25) is 5.95 Å². The minimum atomic E-state index is 0.603. The van der Waals surface area contributed by atoms with Crippen LogP contribution in [0, 0.1) is 5.92 Å². The average Bonchev–Trinajstić information content (AvgIpc) is 2.81. The molecule has 2 N–H and O–H groups in total. The number of methoxy groups -OCH3 is 1. The van der Waals surface area contributed by atoms with E-state index in [9.17, 15) is 0 Å². The number of benzene rings is 1. The van der Waals surface area contributed by atoms with Gasteiger partial charge < -0.3 is 19.9 Å². The first-order valence-corrected chi connectivity index (χ1v) is 7.65. The van der Waals surface area contributed by atoms with Crippen LogP contribution in [0.4, 0.5) is 5.95 Å². The van der Waals surface area contributed by atoms with E-state index in [0.717, 1.165) is 29.2 Å². The van der Waals surface area contributed by atoms with Crippen LogP contribution in [-0.2, 0) is 6.54 Å². The van der Waals surface area contributed by atoms with Crippen molar-refractivity contribution in [1.29, 1.82) is 0 Å². The third-order valence-corrected chi connectivity index (χ3v) is 4.58. The molecule has 114 valence electrons. The summed E-state index contributed by atoms with van der Waals surface area (Å²) in [4.78, 5) is 6.86. The number of fused-ring (bicyclic) bond motifs is 1. The summed E-state index contributed by atoms with van der Waals surface area (Å²) >= 11 is 0. The number of aryl methyl sites for hydroxylation is 1. The Balaban J connectivity index is 1.73. The van der Waals surface area contributed by atoms with E-state index in [1.54, 1.807) is 7.11 Å². The Hall–Kier alpha value is -1.75. The molecule has 21 heavy (non-hydrogen) atoms. The zero-order valence-corrected chi connectivity index (χ0v) is 12.9. The molecule has 1 aliphatic heterocycles. The zero-order valence-electron chi connectivity index (χ0n) is 12.9. The molecule has 1 saturated heterocycles. The first-order valence-electron chi connectivity index (χ1n) is 7.65. The second kappa shape index (κ2) is 5.93. The molecule has 3 rings (SSSR count). The standard InChI is InChI=1S/C16H24N4O/c1-19-8-5-12(6-9-19)7-10-20-15-4-3-13(21-2)11-14(15)18-16(20)17/h3-4,11-12H,5-10H2,1-2H3,(H2,17,18). The summed E-state index contributed by atoms with van der Waals surface area (Å²) in [7, 11) is 3.87. The van der Waals surface area contributed by atoms with Gasteiger partial charge in [0.15, 0.2) is 0 Å². The fourth-order valence-electron chi connectivity index (χ4n) is 3.15. The lowest BCUT2D eigenvalue weighted by atomic mass is 9.94. The highest BCUT2D eigenvalue weighted by Gasteiger charge is 2.17. The smallest absolute Gasteiger partial charge is 0.201 e. The number of anilines is 1. The van der Waals surface area contributed by atoms with Crippen LogP contribution in [0.25, 0.3) is 11.0 Å². The van der Waals surface area contributed by atoms with E-state index in [-0.39, 0.29) is 0 Å². The molecule has 1 fully saturated rings. The molecule has 0 amide bonds. The van der Waals surface area contributed by atoms with Gasteiger partial charge in [-0.25, -0.2) is 4.98 Å². The highest BCUT2D eigenvalue weighted by molar-refractivity contribution is 5.79. The number of hydrogen-bond acceptors (Lipinski definition) is 4. The Morgan fingerprint density at radius 2 is 2.10 bits per heavy atom. The van der Waals surface area contributed by atoms with Crippen molar-refractivity contribution >= 4 is 17.0 Å². The molecule has 0 aliphatic carbocycles. The van der Waals surface area contributed by atoms with E-state index >= 15 is 0 Å². The Labute approximate surface area is 125 Å². The monoisotopic (exact) mass is 288 g/mol. The maximum absolute atomic E-state index is 6.09. The maximum Gasteiger partial charge on any atom is 0.201 e. The average molecular weight is 288 g/mol. The Kier molecular flexibility index (Phi) is 4.01. The Morgan fingerprint density at radius 1 is 1.33 bits per heavy atom. The number of imidazole rings is 1. The van der Waals surface area contributed by atoms with E-state index in [1.165, 1.54) is 32.4 Å². The minimum absolute atomic E-state index is 0.603. The van der Waals surface area contributed by atoms with Gasteiger partial charge in [-0.05, 0) is 57.5 Å². The van der Waals surface area contributed by atoms with E-state index in [4.69, 9.17) is 10.5 Å². The second-order valence-electron chi connectivity index (χ2n) is 6.01. The predicted octanol–water partition coefficient (Wildman–Crippen LogP) is 2.36. The molecule has 0 bridgehead atoms. The molecule has 1 aromatic heterocycles. The van der Waals surface area contributed by atoms with Gasteiger partial charge in [-0.15, -0.1) is 0 Å². The quantitative estimate of drug-likeness (QED) is 0.938. The molecule has 1 aromatic carbocycles. The number of aromatic nitrogens is 2. The topological polar surface area (TPSA) is 56.3 Å². The summed E-state index contributed by atoms with van der Waals surface area (Å²) in [5, 5.41) is 0. The highest BCUT2D eigenvalue weighted by Crippen LogP contribution is 2.25. The zero-order chi connectivity index (χ0) is 14.8. The van der Waals surface area contributed by atoms with Gasteiger partial charge in [-0.1, -0.05) is 0 Å². The number of nitrogen functional groups attached to an aromatic ring is 1. The molecule has 2 aromatic rings. The van der Waals surface area contributed by atoms with Crippen LogP contribution >= 0.6 is 0 Å². The molecule has 0 atom stereocenters. The number of hydrogen-bond donors (Lipinski definition) is 1. The van der Waals surface area contributed by atoms with Gasteiger partial charge in [-0.2, -0.15) is 0 Å². The minimum Gasteiger partial charge on any atom is -0.497 e. The van der Waals surface area contributed by atoms with Crippen LogP contribution in [0.15, 0.2) is 18.2 Å². The third kappa shape index (κ3) is 2.97. The largest absolute Gasteiger partial charge is 0.497 e. The summed E-state index contributed by atoms with van der Waals surface area (Å²) in [6.07, 6.45) is 3.75. The summed E-state index contributed by atoms with van der Waals surface area (Å²) < 4.78 is 7.37. The maximum atomic E-state index is 6.09. The highest BCUT2D eigenvalue weighted by atomic mass is 16.5. The van der Waals surface area contributed by atoms with Crippen molar-refractivity contribution in [1.82, 2.24) is 14.5 Å². The van der Waals surface area contributed by atoms with Crippen molar-refractivity contribution in [3.8, 4) is 5.75 Å². The van der Waals surface area contributed by atoms with Crippen LogP contribution in [0.2, 0.25) is 0 Å². The van der Waals surface area contributed by atoms with E-state index in [1.807, 2.05) is 18.2 Å². The third-order valence-electron chi connectivity index (χ3n) is 4.58. The van der Waals surface area contributed by atoms with Gasteiger partial charge in [-0.3, -0.25) is 0 Å². The van der Waals surface area contributed by atoms with Crippen LogP contribution in [0.3, 0.4) is 0 Å².